The monoisotopic (exact) mass is 326 g/mol. The number of carbonyl (C=O) groups excluding carboxylic acids is 1. The first-order valence-corrected chi connectivity index (χ1v) is 7.29. The number of hydrogen-bond acceptors (Lipinski definition) is 5. The third-order valence-corrected chi connectivity index (χ3v) is 3.21. The molecule has 0 aliphatic carbocycles. The average molecular weight is 326 g/mol. The van der Waals surface area contributed by atoms with Crippen LogP contribution >= 0.6 is 0 Å². The number of nitrogens with one attached hydrogen (secondary N) is 2. The minimum absolute atomic E-state index is 0.153. The van der Waals surface area contributed by atoms with Gasteiger partial charge in [-0.2, -0.15) is 0 Å². The van der Waals surface area contributed by atoms with Crippen molar-refractivity contribution >= 4 is 23.2 Å². The number of rotatable bonds is 5. The number of nitrogens with zero attached hydrogens (tertiary/aromatic N) is 2. The van der Waals surface area contributed by atoms with Crippen molar-refractivity contribution in [3.63, 3.8) is 0 Å². The Labute approximate surface area is 137 Å². The van der Waals surface area contributed by atoms with E-state index in [2.05, 4.69) is 20.8 Å². The number of aromatic nitrogens is 2. The Morgan fingerprint density at radius 1 is 1.17 bits per heavy atom. The van der Waals surface area contributed by atoms with Crippen LogP contribution in [0.25, 0.3) is 0 Å². The number of pyridine rings is 1. The van der Waals surface area contributed by atoms with Crippen LogP contribution in [-0.4, -0.2) is 16.0 Å². The third-order valence-electron chi connectivity index (χ3n) is 3.21. The maximum absolute atomic E-state index is 12.8. The first-order chi connectivity index (χ1) is 11.6. The molecule has 3 aromatic rings. The van der Waals surface area contributed by atoms with Crippen LogP contribution in [0.4, 0.5) is 21.7 Å². The van der Waals surface area contributed by atoms with Crippen molar-refractivity contribution in [1.82, 2.24) is 10.1 Å². The molecule has 24 heavy (non-hydrogen) atoms. The first kappa shape index (κ1) is 15.7. The molecule has 2 heterocycles. The Balaban J connectivity index is 1.57. The summed E-state index contributed by atoms with van der Waals surface area (Å²) >= 11 is 0. The van der Waals surface area contributed by atoms with E-state index in [9.17, 15) is 9.18 Å². The zero-order valence-corrected chi connectivity index (χ0v) is 12.9. The van der Waals surface area contributed by atoms with Crippen LogP contribution in [0.15, 0.2) is 53.2 Å². The molecule has 7 heteroatoms. The van der Waals surface area contributed by atoms with E-state index < -0.39 is 0 Å². The Kier molecular flexibility index (Phi) is 4.51. The van der Waals surface area contributed by atoms with E-state index in [1.54, 1.807) is 43.5 Å². The van der Waals surface area contributed by atoms with Crippen molar-refractivity contribution in [2.45, 2.75) is 13.3 Å². The molecule has 2 N–H and O–H groups in total. The van der Waals surface area contributed by atoms with Gasteiger partial charge in [0.25, 0.3) is 0 Å². The molecule has 0 radical (unpaired) electrons. The zero-order valence-electron chi connectivity index (χ0n) is 12.9. The van der Waals surface area contributed by atoms with Gasteiger partial charge in [-0.1, -0.05) is 17.3 Å². The highest BCUT2D eigenvalue weighted by atomic mass is 19.1. The van der Waals surface area contributed by atoms with E-state index in [0.717, 1.165) is 11.3 Å². The summed E-state index contributed by atoms with van der Waals surface area (Å²) in [5.74, 6) is 1.18. The molecule has 0 aliphatic rings. The lowest BCUT2D eigenvalue weighted by Crippen LogP contribution is -2.15. The van der Waals surface area contributed by atoms with E-state index in [1.165, 1.54) is 12.1 Å². The predicted octanol–water partition coefficient (Wildman–Crippen LogP) is 3.44. The Hall–Kier alpha value is -3.22. The van der Waals surface area contributed by atoms with Crippen LogP contribution in [0.5, 0.6) is 0 Å². The van der Waals surface area contributed by atoms with Crippen molar-refractivity contribution in [3.05, 3.63) is 65.8 Å². The highest BCUT2D eigenvalue weighted by molar-refractivity contribution is 5.91. The zero-order chi connectivity index (χ0) is 16.9. The van der Waals surface area contributed by atoms with Gasteiger partial charge in [-0.25, -0.2) is 9.37 Å². The summed E-state index contributed by atoms with van der Waals surface area (Å²) in [6.45, 7) is 1.80. The lowest BCUT2D eigenvalue weighted by Gasteiger charge is -2.06. The summed E-state index contributed by atoms with van der Waals surface area (Å²) in [5, 5.41) is 9.55. The third kappa shape index (κ3) is 4.16. The predicted molar refractivity (Wildman–Crippen MR) is 87.5 cm³/mol. The van der Waals surface area contributed by atoms with Gasteiger partial charge >= 0.3 is 0 Å². The van der Waals surface area contributed by atoms with E-state index in [0.29, 0.717) is 17.4 Å². The van der Waals surface area contributed by atoms with Gasteiger partial charge in [0.1, 0.15) is 17.4 Å². The number of anilines is 3. The molecule has 2 aromatic heterocycles. The molecule has 0 atom stereocenters. The van der Waals surface area contributed by atoms with Crippen molar-refractivity contribution in [2.75, 3.05) is 10.6 Å². The minimum Gasteiger partial charge on any atom is -0.360 e. The molecule has 0 fully saturated rings. The van der Waals surface area contributed by atoms with Gasteiger partial charge in [0.05, 0.1) is 18.3 Å². The largest absolute Gasteiger partial charge is 0.360 e. The Bertz CT molecular complexity index is 829. The van der Waals surface area contributed by atoms with Crippen molar-refractivity contribution in [1.29, 1.82) is 0 Å². The van der Waals surface area contributed by atoms with E-state index >= 15 is 0 Å². The fourth-order valence-electron chi connectivity index (χ4n) is 2.09. The molecule has 0 aliphatic heterocycles. The fraction of sp³-hybridized carbons (Fsp3) is 0.118. The molecule has 1 aromatic carbocycles. The summed E-state index contributed by atoms with van der Waals surface area (Å²) in [7, 11) is 0. The van der Waals surface area contributed by atoms with E-state index in [1.807, 2.05) is 0 Å². The quantitative estimate of drug-likeness (QED) is 0.751. The van der Waals surface area contributed by atoms with Gasteiger partial charge in [-0.05, 0) is 36.8 Å². The van der Waals surface area contributed by atoms with E-state index in [-0.39, 0.29) is 18.1 Å². The van der Waals surface area contributed by atoms with Gasteiger partial charge in [-0.15, -0.1) is 0 Å². The van der Waals surface area contributed by atoms with Crippen molar-refractivity contribution < 1.29 is 13.7 Å². The molecule has 122 valence electrons. The molecule has 0 spiro atoms. The van der Waals surface area contributed by atoms with Crippen LogP contribution in [0.1, 0.15) is 11.3 Å². The molecular weight excluding hydrogens is 311 g/mol. The lowest BCUT2D eigenvalue weighted by atomic mass is 10.1. The van der Waals surface area contributed by atoms with E-state index in [4.69, 9.17) is 4.52 Å². The van der Waals surface area contributed by atoms with Gasteiger partial charge in [-0.3, -0.25) is 4.79 Å². The summed E-state index contributed by atoms with van der Waals surface area (Å²) < 4.78 is 17.8. The summed E-state index contributed by atoms with van der Waals surface area (Å²) in [5.41, 5.74) is 1.45. The molecule has 0 saturated heterocycles. The average Bonchev–Trinajstić information content (AvgIpc) is 2.96. The molecule has 0 unspecified atom stereocenters. The second kappa shape index (κ2) is 6.91. The molecule has 1 amide bonds. The second-order valence-electron chi connectivity index (χ2n) is 5.23. The summed E-state index contributed by atoms with van der Waals surface area (Å²) in [6.07, 6.45) is 1.73. The molecule has 6 nitrogen and oxygen atoms in total. The maximum atomic E-state index is 12.8. The van der Waals surface area contributed by atoms with Crippen LogP contribution in [-0.2, 0) is 11.2 Å². The smallest absolute Gasteiger partial charge is 0.229 e. The fourth-order valence-corrected chi connectivity index (χ4v) is 2.09. The number of amides is 1. The van der Waals surface area contributed by atoms with Crippen LogP contribution < -0.4 is 10.6 Å². The topological polar surface area (TPSA) is 80.0 Å². The number of halogens is 1. The number of carbonyl (C=O) groups is 1. The second-order valence-corrected chi connectivity index (χ2v) is 5.23. The molecule has 0 saturated carbocycles. The normalized spacial score (nSPS) is 10.4. The minimum atomic E-state index is -0.328. The van der Waals surface area contributed by atoms with Crippen LogP contribution in [0, 0.1) is 12.7 Å². The van der Waals surface area contributed by atoms with Gasteiger partial charge in [0.15, 0.2) is 5.82 Å². The lowest BCUT2D eigenvalue weighted by molar-refractivity contribution is -0.115. The number of aryl methyl sites for hydroxylation is 1. The standard InChI is InChI=1S/C17H15FN4O2/c1-11-8-16(22-24-11)20-14-6-7-15(19-10-14)21-17(23)9-12-2-4-13(18)5-3-12/h2-8,10H,9H2,1H3,(H,20,22)(H,19,21,23). The first-order valence-electron chi connectivity index (χ1n) is 7.29. The van der Waals surface area contributed by atoms with Crippen LogP contribution in [0.2, 0.25) is 0 Å². The number of benzene rings is 1. The summed E-state index contributed by atoms with van der Waals surface area (Å²) in [6, 6.07) is 11.0. The highest BCUT2D eigenvalue weighted by Crippen LogP contribution is 2.16. The van der Waals surface area contributed by atoms with Crippen molar-refractivity contribution in [2.24, 2.45) is 0 Å². The number of hydrogen-bond donors (Lipinski definition) is 2. The molecule has 0 bridgehead atoms. The highest BCUT2D eigenvalue weighted by Gasteiger charge is 2.06. The summed E-state index contributed by atoms with van der Waals surface area (Å²) in [4.78, 5) is 16.1. The van der Waals surface area contributed by atoms with Gasteiger partial charge in [0.2, 0.25) is 5.91 Å². The van der Waals surface area contributed by atoms with Gasteiger partial charge in [0, 0.05) is 6.07 Å². The maximum Gasteiger partial charge on any atom is 0.229 e. The Morgan fingerprint density at radius 3 is 2.58 bits per heavy atom. The van der Waals surface area contributed by atoms with Gasteiger partial charge < -0.3 is 15.2 Å². The van der Waals surface area contributed by atoms with Crippen LogP contribution in [0.3, 0.4) is 0 Å². The van der Waals surface area contributed by atoms with Crippen molar-refractivity contribution in [3.8, 4) is 0 Å². The molecular formula is C17H15FN4O2. The Morgan fingerprint density at radius 2 is 1.96 bits per heavy atom. The SMILES string of the molecule is Cc1cc(Nc2ccc(NC(=O)Cc3ccc(F)cc3)nc2)no1. The molecule has 3 rings (SSSR count).